The molecule has 6 aromatic rings. The summed E-state index contributed by atoms with van der Waals surface area (Å²) in [4.78, 5) is 26.5. The average molecular weight is 551 g/mol. The van der Waals surface area contributed by atoms with Gasteiger partial charge in [-0.05, 0) is 46.4 Å². The molecule has 4 nitrogen and oxygen atoms in total. The first kappa shape index (κ1) is 27.0. The first-order valence-electron chi connectivity index (χ1n) is 14.1. The summed E-state index contributed by atoms with van der Waals surface area (Å²) in [5.74, 6) is -1.27. The second-order valence-electron chi connectivity index (χ2n) is 10.5. The van der Waals surface area contributed by atoms with Crippen molar-refractivity contribution < 1.29 is 19.1 Å². The number of carbonyl (C=O) groups excluding carboxylic acids is 1. The molecule has 1 aromatic heterocycles. The van der Waals surface area contributed by atoms with E-state index < -0.39 is 11.9 Å². The Balaban J connectivity index is 1.48. The fourth-order valence-electron chi connectivity index (χ4n) is 5.58. The summed E-state index contributed by atoms with van der Waals surface area (Å²) in [6.45, 7) is 0. The molecule has 4 heteroatoms. The fraction of sp³-hybridized carbons (Fsp3) is 0.105. The lowest BCUT2D eigenvalue weighted by molar-refractivity contribution is -0.141. The van der Waals surface area contributed by atoms with Gasteiger partial charge in [0.1, 0.15) is 11.3 Å². The summed E-state index contributed by atoms with van der Waals surface area (Å²) in [6, 6.07) is 43.2. The zero-order valence-corrected chi connectivity index (χ0v) is 23.1. The smallest absolute Gasteiger partial charge is 0.307 e. The van der Waals surface area contributed by atoms with Crippen molar-refractivity contribution in [3.8, 4) is 22.3 Å². The van der Waals surface area contributed by atoms with Gasteiger partial charge in [0.2, 0.25) is 0 Å². The molecule has 0 fully saturated rings. The summed E-state index contributed by atoms with van der Waals surface area (Å²) in [6.07, 6.45) is 0.730. The Kier molecular flexibility index (Phi) is 7.78. The van der Waals surface area contributed by atoms with Gasteiger partial charge in [-0.3, -0.25) is 9.59 Å². The summed E-state index contributed by atoms with van der Waals surface area (Å²) in [5, 5.41) is 11.0. The van der Waals surface area contributed by atoms with Crippen molar-refractivity contribution in [2.75, 3.05) is 0 Å². The van der Waals surface area contributed by atoms with Gasteiger partial charge in [-0.2, -0.15) is 0 Å². The summed E-state index contributed by atoms with van der Waals surface area (Å²) in [7, 11) is 0. The van der Waals surface area contributed by atoms with Crippen LogP contribution in [0.4, 0.5) is 0 Å². The van der Waals surface area contributed by atoms with Crippen LogP contribution in [0, 0.1) is 5.92 Å². The van der Waals surface area contributed by atoms with E-state index in [2.05, 4.69) is 12.1 Å². The Morgan fingerprint density at radius 2 is 1.29 bits per heavy atom. The van der Waals surface area contributed by atoms with Crippen molar-refractivity contribution in [1.29, 1.82) is 0 Å². The van der Waals surface area contributed by atoms with Crippen LogP contribution in [0.3, 0.4) is 0 Å². The van der Waals surface area contributed by atoms with Crippen LogP contribution in [-0.2, 0) is 17.6 Å². The van der Waals surface area contributed by atoms with Crippen LogP contribution in [0.15, 0.2) is 138 Å². The Hall–Kier alpha value is -5.22. The van der Waals surface area contributed by atoms with Crippen molar-refractivity contribution in [3.05, 3.63) is 156 Å². The van der Waals surface area contributed by atoms with Gasteiger partial charge in [0.25, 0.3) is 0 Å². The van der Waals surface area contributed by atoms with Gasteiger partial charge >= 0.3 is 5.97 Å². The highest BCUT2D eigenvalue weighted by Gasteiger charge is 2.27. The largest absolute Gasteiger partial charge is 0.481 e. The molecular formula is C38H30O4. The third kappa shape index (κ3) is 5.79. The molecule has 6 rings (SSSR count). The second-order valence-corrected chi connectivity index (χ2v) is 10.5. The van der Waals surface area contributed by atoms with Crippen molar-refractivity contribution in [3.63, 3.8) is 0 Å². The van der Waals surface area contributed by atoms with E-state index in [0.717, 1.165) is 50.1 Å². The van der Waals surface area contributed by atoms with Gasteiger partial charge in [0, 0.05) is 29.4 Å². The number of para-hydroxylation sites is 1. The predicted molar refractivity (Wildman–Crippen MR) is 167 cm³/mol. The molecule has 0 bridgehead atoms. The molecule has 0 aliphatic heterocycles. The van der Waals surface area contributed by atoms with Crippen molar-refractivity contribution >= 4 is 22.7 Å². The Morgan fingerprint density at radius 1 is 0.667 bits per heavy atom. The number of aliphatic carboxylic acids is 1. The first-order valence-corrected chi connectivity index (χ1v) is 14.1. The third-order valence-electron chi connectivity index (χ3n) is 7.68. The summed E-state index contributed by atoms with van der Waals surface area (Å²) in [5.41, 5.74) is 6.73. The number of benzene rings is 5. The van der Waals surface area contributed by atoms with Crippen LogP contribution in [0.1, 0.15) is 33.7 Å². The van der Waals surface area contributed by atoms with E-state index in [1.807, 2.05) is 121 Å². The maximum Gasteiger partial charge on any atom is 0.307 e. The predicted octanol–water partition coefficient (Wildman–Crippen LogP) is 8.87. The number of ketones is 1. The highest BCUT2D eigenvalue weighted by atomic mass is 16.4. The van der Waals surface area contributed by atoms with Gasteiger partial charge < -0.3 is 9.52 Å². The van der Waals surface area contributed by atoms with Crippen molar-refractivity contribution in [2.45, 2.75) is 19.3 Å². The molecule has 1 heterocycles. The highest BCUT2D eigenvalue weighted by molar-refractivity contribution is 6.08. The molecule has 5 aromatic carbocycles. The molecule has 0 aliphatic rings. The lowest BCUT2D eigenvalue weighted by Crippen LogP contribution is -2.21. The summed E-state index contributed by atoms with van der Waals surface area (Å²) < 4.78 is 6.40. The van der Waals surface area contributed by atoms with Crippen LogP contribution in [0.5, 0.6) is 0 Å². The van der Waals surface area contributed by atoms with E-state index in [1.165, 1.54) is 0 Å². The quantitative estimate of drug-likeness (QED) is 0.173. The van der Waals surface area contributed by atoms with E-state index in [1.54, 1.807) is 0 Å². The van der Waals surface area contributed by atoms with Crippen LogP contribution < -0.4 is 0 Å². The van der Waals surface area contributed by atoms with Gasteiger partial charge in [0.15, 0.2) is 5.78 Å². The Morgan fingerprint density at radius 3 is 1.98 bits per heavy atom. The number of rotatable bonds is 10. The lowest BCUT2D eigenvalue weighted by atomic mass is 9.86. The van der Waals surface area contributed by atoms with Crippen molar-refractivity contribution in [2.24, 2.45) is 5.92 Å². The zero-order chi connectivity index (χ0) is 28.9. The number of Topliss-reactive ketones (excluding diaryl/α,β-unsaturated/α-hetero) is 1. The van der Waals surface area contributed by atoms with Crippen molar-refractivity contribution in [1.82, 2.24) is 0 Å². The summed E-state index contributed by atoms with van der Waals surface area (Å²) >= 11 is 0. The Bertz CT molecular complexity index is 1840. The molecule has 1 unspecified atom stereocenters. The van der Waals surface area contributed by atoms with Crippen LogP contribution in [0.2, 0.25) is 0 Å². The number of hydrogen-bond acceptors (Lipinski definition) is 3. The molecule has 0 saturated heterocycles. The number of carboxylic acids is 1. The standard InChI is InChI=1S/C38H30O4/c39-34(25-30(38(40)41)22-26-12-4-1-5-13-26)33-24-29(28-16-8-3-9-17-28)20-21-31(33)37-32-18-10-11-19-35(32)42-36(37)23-27-14-6-2-7-15-27/h1-21,24,30H,22-23,25H2,(H,40,41). The lowest BCUT2D eigenvalue weighted by Gasteiger charge is -2.16. The van der Waals surface area contributed by atoms with Gasteiger partial charge in [-0.1, -0.05) is 121 Å². The maximum absolute atomic E-state index is 14.2. The van der Waals surface area contributed by atoms with Crippen LogP contribution in [0.25, 0.3) is 33.2 Å². The van der Waals surface area contributed by atoms with E-state index in [9.17, 15) is 14.7 Å². The molecule has 0 spiro atoms. The monoisotopic (exact) mass is 550 g/mol. The molecule has 1 atom stereocenters. The third-order valence-corrected chi connectivity index (χ3v) is 7.68. The van der Waals surface area contributed by atoms with Gasteiger partial charge in [-0.25, -0.2) is 0 Å². The normalized spacial score (nSPS) is 11.8. The molecule has 0 amide bonds. The minimum absolute atomic E-state index is 0.112. The number of carboxylic acid groups (broad SMARTS) is 1. The Labute approximate surface area is 244 Å². The SMILES string of the molecule is O=C(CC(Cc1ccccc1)C(=O)O)c1cc(-c2ccccc2)ccc1-c1c(Cc2ccccc2)oc2ccccc12. The van der Waals surface area contributed by atoms with E-state index >= 15 is 0 Å². The molecule has 0 saturated carbocycles. The van der Waals surface area contributed by atoms with E-state index in [4.69, 9.17) is 4.42 Å². The average Bonchev–Trinajstić information content (AvgIpc) is 3.39. The maximum atomic E-state index is 14.2. The molecule has 206 valence electrons. The van der Waals surface area contributed by atoms with E-state index in [0.29, 0.717) is 12.0 Å². The molecular weight excluding hydrogens is 520 g/mol. The minimum atomic E-state index is -0.980. The minimum Gasteiger partial charge on any atom is -0.481 e. The topological polar surface area (TPSA) is 67.5 Å². The van der Waals surface area contributed by atoms with Crippen LogP contribution in [-0.4, -0.2) is 16.9 Å². The molecule has 0 aliphatic carbocycles. The second kappa shape index (κ2) is 12.1. The van der Waals surface area contributed by atoms with Crippen LogP contribution >= 0.6 is 0 Å². The molecule has 0 radical (unpaired) electrons. The number of hydrogen-bond donors (Lipinski definition) is 1. The molecule has 42 heavy (non-hydrogen) atoms. The molecule has 1 N–H and O–H groups in total. The number of furan rings is 1. The number of carbonyl (C=O) groups is 2. The number of fused-ring (bicyclic) bond motifs is 1. The van der Waals surface area contributed by atoms with Gasteiger partial charge in [-0.15, -0.1) is 0 Å². The van der Waals surface area contributed by atoms with Gasteiger partial charge in [0.05, 0.1) is 5.92 Å². The first-order chi connectivity index (χ1) is 20.6. The fourth-order valence-corrected chi connectivity index (χ4v) is 5.58. The highest BCUT2D eigenvalue weighted by Crippen LogP contribution is 2.40. The zero-order valence-electron chi connectivity index (χ0n) is 23.1. The van der Waals surface area contributed by atoms with E-state index in [-0.39, 0.29) is 18.6 Å².